The Kier molecular flexibility index (Phi) is 8.01. The van der Waals surface area contributed by atoms with Crippen molar-refractivity contribution in [3.8, 4) is 28.6 Å². The molecule has 7 nitrogen and oxygen atoms in total. The Morgan fingerprint density at radius 3 is 2.40 bits per heavy atom. The predicted molar refractivity (Wildman–Crippen MR) is 165 cm³/mol. The van der Waals surface area contributed by atoms with Crippen molar-refractivity contribution in [1.82, 2.24) is 15.2 Å². The fraction of sp³-hybridized carbons (Fsp3) is 0.129. The zero-order chi connectivity index (χ0) is 27.3. The molecule has 5 aromatic rings. The fourth-order valence-corrected chi connectivity index (χ4v) is 5.86. The maximum atomic E-state index is 6.50. The van der Waals surface area contributed by atoms with Crippen molar-refractivity contribution >= 4 is 40.0 Å². The van der Waals surface area contributed by atoms with Gasteiger partial charge in [0.05, 0.1) is 10.7 Å². The average Bonchev–Trinajstić information content (AvgIpc) is 3.16. The van der Waals surface area contributed by atoms with Gasteiger partial charge in [0.15, 0.2) is 23.4 Å². The number of fused-ring (bicyclic) bond motifs is 3. The number of aromatic nitrogens is 3. The van der Waals surface area contributed by atoms with Crippen LogP contribution in [0.15, 0.2) is 102 Å². The molecule has 1 atom stereocenters. The highest BCUT2D eigenvalue weighted by Crippen LogP contribution is 2.42. The zero-order valence-corrected chi connectivity index (χ0v) is 24.6. The molecule has 2 heterocycles. The molecule has 0 saturated carbocycles. The largest absolute Gasteiger partial charge is 0.493 e. The van der Waals surface area contributed by atoms with E-state index in [1.165, 1.54) is 17.3 Å². The number of benzene rings is 4. The van der Waals surface area contributed by atoms with E-state index in [-0.39, 0.29) is 0 Å². The summed E-state index contributed by atoms with van der Waals surface area (Å²) in [6.07, 6.45) is -0.545. The van der Waals surface area contributed by atoms with Gasteiger partial charge in [-0.2, -0.15) is 4.98 Å². The number of methoxy groups -OCH3 is 1. The summed E-state index contributed by atoms with van der Waals surface area (Å²) in [7, 11) is 1.64. The zero-order valence-electron chi connectivity index (χ0n) is 21.6. The molecule has 0 spiro atoms. The molecule has 0 fully saturated rings. The van der Waals surface area contributed by atoms with Crippen LogP contribution in [-0.2, 0) is 12.4 Å². The molecule has 1 unspecified atom stereocenters. The predicted octanol–water partition coefficient (Wildman–Crippen LogP) is 7.53. The highest BCUT2D eigenvalue weighted by atomic mass is 127. The second-order valence-corrected chi connectivity index (χ2v) is 11.1. The molecule has 9 heteroatoms. The Labute approximate surface area is 250 Å². The van der Waals surface area contributed by atoms with Gasteiger partial charge in [-0.3, -0.25) is 0 Å². The van der Waals surface area contributed by atoms with Crippen LogP contribution in [0.4, 0.5) is 5.69 Å². The first-order valence-electron chi connectivity index (χ1n) is 12.7. The normalized spacial score (nSPS) is 13.7. The van der Waals surface area contributed by atoms with E-state index in [2.05, 4.69) is 50.2 Å². The first-order valence-corrected chi connectivity index (χ1v) is 14.7. The number of nitrogens with zero attached hydrogens (tertiary/aromatic N) is 3. The molecule has 1 aromatic heterocycles. The second kappa shape index (κ2) is 12.1. The maximum absolute atomic E-state index is 6.50. The van der Waals surface area contributed by atoms with Gasteiger partial charge in [0.1, 0.15) is 6.61 Å². The van der Waals surface area contributed by atoms with Crippen LogP contribution in [0.3, 0.4) is 0 Å². The van der Waals surface area contributed by atoms with Crippen LogP contribution in [0.25, 0.3) is 11.3 Å². The summed E-state index contributed by atoms with van der Waals surface area (Å²) in [6, 6.07) is 32.2. The third-order valence-corrected chi connectivity index (χ3v) is 8.03. The molecule has 40 heavy (non-hydrogen) atoms. The minimum Gasteiger partial charge on any atom is -0.493 e. The lowest BCUT2D eigenvalue weighted by atomic mass is 10.1. The van der Waals surface area contributed by atoms with E-state index in [1.54, 1.807) is 7.11 Å². The fourth-order valence-electron chi connectivity index (χ4n) is 4.34. The molecule has 0 aliphatic carbocycles. The molecule has 200 valence electrons. The van der Waals surface area contributed by atoms with E-state index in [4.69, 9.17) is 19.2 Å². The standard InChI is InChI=1S/C31H25IN4O3S/c1-37-26-17-22(16-24(32)28(26)38-18-20-10-4-2-5-11-20)29-33-25-15-9-8-14-23(25)27-30(39-29)34-31(36-35-27)40-19-21-12-6-3-7-13-21/h2-17,29,33H,18-19H2,1H3. The van der Waals surface area contributed by atoms with E-state index >= 15 is 0 Å². The van der Waals surface area contributed by atoms with Gasteiger partial charge in [0.2, 0.25) is 11.0 Å². The number of hydrogen-bond donors (Lipinski definition) is 1. The first kappa shape index (κ1) is 26.4. The Morgan fingerprint density at radius 2 is 1.62 bits per heavy atom. The summed E-state index contributed by atoms with van der Waals surface area (Å²) in [6.45, 7) is 0.442. The molecule has 1 aliphatic rings. The van der Waals surface area contributed by atoms with Crippen LogP contribution in [-0.4, -0.2) is 22.3 Å². The van der Waals surface area contributed by atoms with Crippen molar-refractivity contribution in [2.24, 2.45) is 0 Å². The number of halogens is 1. The summed E-state index contributed by atoms with van der Waals surface area (Å²) >= 11 is 3.80. The number of thioether (sulfide) groups is 1. The Balaban J connectivity index is 1.31. The molecule has 0 amide bonds. The number of hydrogen-bond acceptors (Lipinski definition) is 8. The van der Waals surface area contributed by atoms with Gasteiger partial charge in [0, 0.05) is 22.6 Å². The van der Waals surface area contributed by atoms with Crippen LogP contribution < -0.4 is 19.5 Å². The molecule has 0 radical (unpaired) electrons. The molecule has 1 N–H and O–H groups in total. The lowest BCUT2D eigenvalue weighted by molar-refractivity contribution is 0.223. The molecule has 6 rings (SSSR count). The Morgan fingerprint density at radius 1 is 0.900 bits per heavy atom. The molecule has 4 aromatic carbocycles. The number of para-hydroxylation sites is 1. The van der Waals surface area contributed by atoms with Gasteiger partial charge in [-0.05, 0) is 51.9 Å². The second-order valence-electron chi connectivity index (χ2n) is 9.02. The van der Waals surface area contributed by atoms with Gasteiger partial charge in [-0.25, -0.2) is 0 Å². The van der Waals surface area contributed by atoms with Crippen LogP contribution in [0.2, 0.25) is 0 Å². The van der Waals surface area contributed by atoms with Crippen molar-refractivity contribution in [2.45, 2.75) is 23.7 Å². The van der Waals surface area contributed by atoms with E-state index < -0.39 is 6.23 Å². The minimum absolute atomic E-state index is 0.423. The van der Waals surface area contributed by atoms with Crippen LogP contribution in [0.5, 0.6) is 17.4 Å². The van der Waals surface area contributed by atoms with Crippen molar-refractivity contribution in [2.75, 3.05) is 12.4 Å². The SMILES string of the molecule is COc1cc(C2Nc3ccccc3-c3nnc(SCc4ccccc4)nc3O2)cc(I)c1OCc1ccccc1. The maximum Gasteiger partial charge on any atom is 0.247 e. The van der Waals surface area contributed by atoms with E-state index in [0.29, 0.717) is 34.8 Å². The van der Waals surface area contributed by atoms with E-state index in [9.17, 15) is 0 Å². The molecular weight excluding hydrogens is 635 g/mol. The molecule has 0 saturated heterocycles. The number of ether oxygens (including phenoxy) is 3. The summed E-state index contributed by atoms with van der Waals surface area (Å²) in [5.74, 6) is 2.47. The monoisotopic (exact) mass is 660 g/mol. The smallest absolute Gasteiger partial charge is 0.247 e. The number of nitrogens with one attached hydrogen (secondary N) is 1. The van der Waals surface area contributed by atoms with Gasteiger partial charge in [-0.15, -0.1) is 10.2 Å². The van der Waals surface area contributed by atoms with Crippen LogP contribution >= 0.6 is 34.4 Å². The van der Waals surface area contributed by atoms with Crippen LogP contribution in [0.1, 0.15) is 22.9 Å². The van der Waals surface area contributed by atoms with Gasteiger partial charge >= 0.3 is 0 Å². The third kappa shape index (κ3) is 5.85. The quantitative estimate of drug-likeness (QED) is 0.135. The minimum atomic E-state index is -0.545. The van der Waals surface area contributed by atoms with Crippen molar-refractivity contribution in [3.63, 3.8) is 0 Å². The van der Waals surface area contributed by atoms with Gasteiger partial charge in [0.25, 0.3) is 0 Å². The Hall–Kier alpha value is -3.83. The highest BCUT2D eigenvalue weighted by molar-refractivity contribution is 14.1. The van der Waals surface area contributed by atoms with Crippen molar-refractivity contribution in [1.29, 1.82) is 0 Å². The summed E-state index contributed by atoms with van der Waals surface area (Å²) < 4.78 is 19.3. The summed E-state index contributed by atoms with van der Waals surface area (Å²) in [5, 5.41) is 13.0. The third-order valence-electron chi connectivity index (χ3n) is 6.32. The molecule has 1 aliphatic heterocycles. The summed E-state index contributed by atoms with van der Waals surface area (Å²) in [5.41, 5.74) is 5.49. The average molecular weight is 661 g/mol. The number of anilines is 1. The van der Waals surface area contributed by atoms with Crippen LogP contribution in [0, 0.1) is 3.57 Å². The molecule has 0 bridgehead atoms. The van der Waals surface area contributed by atoms with Crippen molar-refractivity contribution in [3.05, 3.63) is 117 Å². The molecular formula is C31H25IN4O3S. The number of rotatable bonds is 8. The first-order chi connectivity index (χ1) is 19.7. The topological polar surface area (TPSA) is 78.4 Å². The summed E-state index contributed by atoms with van der Waals surface area (Å²) in [4.78, 5) is 4.78. The van der Waals surface area contributed by atoms with E-state index in [1.807, 2.05) is 84.9 Å². The van der Waals surface area contributed by atoms with Gasteiger partial charge in [-0.1, -0.05) is 90.6 Å². The van der Waals surface area contributed by atoms with Gasteiger partial charge < -0.3 is 19.5 Å². The lowest BCUT2D eigenvalue weighted by Crippen LogP contribution is -2.17. The van der Waals surface area contributed by atoms with Crippen molar-refractivity contribution < 1.29 is 14.2 Å². The van der Waals surface area contributed by atoms with E-state index in [0.717, 1.165) is 31.7 Å². The Bertz CT molecular complexity index is 1620. The highest BCUT2D eigenvalue weighted by Gasteiger charge is 2.27. The lowest BCUT2D eigenvalue weighted by Gasteiger charge is -2.21.